The maximum Gasteiger partial charge on any atom is 0.573 e. The van der Waals surface area contributed by atoms with E-state index in [-0.39, 0.29) is 5.56 Å². The van der Waals surface area contributed by atoms with Crippen molar-refractivity contribution in [2.24, 2.45) is 5.73 Å². The molecule has 0 atom stereocenters. The Balaban J connectivity index is 3.19. The van der Waals surface area contributed by atoms with Gasteiger partial charge in [0.1, 0.15) is 5.75 Å². The lowest BCUT2D eigenvalue weighted by atomic mass is 10.1. The highest BCUT2D eigenvalue weighted by molar-refractivity contribution is 5.49. The average Bonchev–Trinajstić information content (AvgIpc) is 2.14. The second kappa shape index (κ2) is 4.35. The van der Waals surface area contributed by atoms with Crippen molar-refractivity contribution in [3.63, 3.8) is 0 Å². The maximum atomic E-state index is 12.0. The molecule has 0 bridgehead atoms. The molecule has 0 amide bonds. The third kappa shape index (κ3) is 2.83. The van der Waals surface area contributed by atoms with E-state index in [1.54, 1.807) is 0 Å². The molecular formula is C8H7F3N2O3. The van der Waals surface area contributed by atoms with Crippen LogP contribution in [0.5, 0.6) is 5.75 Å². The van der Waals surface area contributed by atoms with Crippen molar-refractivity contribution in [3.8, 4) is 5.75 Å². The summed E-state index contributed by atoms with van der Waals surface area (Å²) < 4.78 is 39.5. The van der Waals surface area contributed by atoms with Gasteiger partial charge in [0.05, 0.1) is 10.5 Å². The zero-order chi connectivity index (χ0) is 12.3. The molecule has 1 aromatic rings. The van der Waals surface area contributed by atoms with Crippen LogP contribution < -0.4 is 10.5 Å². The van der Waals surface area contributed by atoms with Gasteiger partial charge in [0.25, 0.3) is 5.69 Å². The SMILES string of the molecule is NCc1c(OC(F)(F)F)cccc1[N+](=O)[O-]. The zero-order valence-corrected chi connectivity index (χ0v) is 7.82. The van der Waals surface area contributed by atoms with E-state index in [9.17, 15) is 23.3 Å². The summed E-state index contributed by atoms with van der Waals surface area (Å²) >= 11 is 0. The fraction of sp³-hybridized carbons (Fsp3) is 0.250. The van der Waals surface area contributed by atoms with E-state index < -0.39 is 29.3 Å². The van der Waals surface area contributed by atoms with Gasteiger partial charge in [0.2, 0.25) is 0 Å². The van der Waals surface area contributed by atoms with Crippen LogP contribution in [0.1, 0.15) is 5.56 Å². The van der Waals surface area contributed by atoms with Crippen LogP contribution in [0.3, 0.4) is 0 Å². The lowest BCUT2D eigenvalue weighted by molar-refractivity contribution is -0.385. The number of alkyl halides is 3. The van der Waals surface area contributed by atoms with E-state index in [1.807, 2.05) is 0 Å². The average molecular weight is 236 g/mol. The van der Waals surface area contributed by atoms with Crippen LogP contribution in [-0.2, 0) is 6.54 Å². The van der Waals surface area contributed by atoms with Gasteiger partial charge in [-0.15, -0.1) is 13.2 Å². The van der Waals surface area contributed by atoms with Gasteiger partial charge in [-0.1, -0.05) is 6.07 Å². The fourth-order valence-electron chi connectivity index (χ4n) is 1.15. The largest absolute Gasteiger partial charge is 0.573 e. The smallest absolute Gasteiger partial charge is 0.405 e. The molecule has 0 aliphatic carbocycles. The Morgan fingerprint density at radius 3 is 2.50 bits per heavy atom. The van der Waals surface area contributed by atoms with Crippen molar-refractivity contribution in [1.82, 2.24) is 0 Å². The molecule has 0 saturated carbocycles. The van der Waals surface area contributed by atoms with Crippen molar-refractivity contribution in [2.45, 2.75) is 12.9 Å². The zero-order valence-electron chi connectivity index (χ0n) is 7.82. The summed E-state index contributed by atoms with van der Waals surface area (Å²) in [6, 6.07) is 3.13. The van der Waals surface area contributed by atoms with E-state index in [4.69, 9.17) is 5.73 Å². The number of nitrogens with two attached hydrogens (primary N) is 1. The Labute approximate surface area is 87.8 Å². The standard InChI is InChI=1S/C8H7F3N2O3/c9-8(10,11)16-7-3-1-2-6(13(14)15)5(7)4-12/h1-3H,4,12H2. The third-order valence-electron chi connectivity index (χ3n) is 1.73. The Bertz CT molecular complexity index is 406. The van der Waals surface area contributed by atoms with Gasteiger partial charge in [0, 0.05) is 12.6 Å². The van der Waals surface area contributed by atoms with E-state index in [0.29, 0.717) is 0 Å². The topological polar surface area (TPSA) is 78.4 Å². The molecule has 1 rings (SSSR count). The molecule has 88 valence electrons. The van der Waals surface area contributed by atoms with Gasteiger partial charge in [-0.05, 0) is 6.07 Å². The molecule has 8 heteroatoms. The maximum absolute atomic E-state index is 12.0. The Morgan fingerprint density at radius 2 is 2.06 bits per heavy atom. The summed E-state index contributed by atoms with van der Waals surface area (Å²) in [5.74, 6) is -0.649. The summed E-state index contributed by atoms with van der Waals surface area (Å²) in [4.78, 5) is 9.70. The highest BCUT2D eigenvalue weighted by Crippen LogP contribution is 2.31. The summed E-state index contributed by atoms with van der Waals surface area (Å²) in [7, 11) is 0. The van der Waals surface area contributed by atoms with Crippen LogP contribution in [0.2, 0.25) is 0 Å². The van der Waals surface area contributed by atoms with Gasteiger partial charge < -0.3 is 10.5 Å². The second-order valence-electron chi connectivity index (χ2n) is 2.76. The molecule has 0 aliphatic rings. The number of hydrogen-bond acceptors (Lipinski definition) is 4. The number of hydrogen-bond donors (Lipinski definition) is 1. The highest BCUT2D eigenvalue weighted by Gasteiger charge is 2.33. The lowest BCUT2D eigenvalue weighted by Crippen LogP contribution is -2.19. The molecule has 5 nitrogen and oxygen atoms in total. The number of benzene rings is 1. The van der Waals surface area contributed by atoms with Crippen molar-refractivity contribution >= 4 is 5.69 Å². The molecule has 0 unspecified atom stereocenters. The third-order valence-corrected chi connectivity index (χ3v) is 1.73. The first-order valence-electron chi connectivity index (χ1n) is 4.07. The first kappa shape index (κ1) is 12.2. The number of rotatable bonds is 3. The van der Waals surface area contributed by atoms with Crippen LogP contribution in [0.4, 0.5) is 18.9 Å². The summed E-state index contributed by atoms with van der Waals surface area (Å²) in [5, 5.41) is 10.5. The van der Waals surface area contributed by atoms with Gasteiger partial charge in [-0.3, -0.25) is 10.1 Å². The van der Waals surface area contributed by atoms with Gasteiger partial charge in [0.15, 0.2) is 0 Å². The predicted octanol–water partition coefficient (Wildman–Crippen LogP) is 1.95. The van der Waals surface area contributed by atoms with E-state index in [2.05, 4.69) is 4.74 Å². The molecule has 0 aromatic heterocycles. The van der Waals surface area contributed by atoms with Crippen LogP contribution in [0.15, 0.2) is 18.2 Å². The van der Waals surface area contributed by atoms with Crippen molar-refractivity contribution in [2.75, 3.05) is 0 Å². The molecule has 0 radical (unpaired) electrons. The second-order valence-corrected chi connectivity index (χ2v) is 2.76. The van der Waals surface area contributed by atoms with E-state index in [0.717, 1.165) is 18.2 Å². The molecule has 0 heterocycles. The normalized spacial score (nSPS) is 11.2. The minimum atomic E-state index is -4.90. The summed E-state index contributed by atoms with van der Waals surface area (Å²) in [6.45, 7) is -0.414. The minimum absolute atomic E-state index is 0.287. The molecule has 0 spiro atoms. The van der Waals surface area contributed by atoms with Crippen molar-refractivity contribution < 1.29 is 22.8 Å². The Kier molecular flexibility index (Phi) is 3.33. The van der Waals surface area contributed by atoms with Crippen molar-refractivity contribution in [3.05, 3.63) is 33.9 Å². The molecule has 2 N–H and O–H groups in total. The number of halogens is 3. The Morgan fingerprint density at radius 1 is 1.44 bits per heavy atom. The Hall–Kier alpha value is -1.83. The molecule has 16 heavy (non-hydrogen) atoms. The van der Waals surface area contributed by atoms with Crippen LogP contribution in [0.25, 0.3) is 0 Å². The summed E-state index contributed by atoms with van der Waals surface area (Å²) in [6.07, 6.45) is -4.90. The fourth-order valence-corrected chi connectivity index (χ4v) is 1.15. The molecule has 1 aromatic carbocycles. The first-order chi connectivity index (χ1) is 7.35. The quantitative estimate of drug-likeness (QED) is 0.642. The monoisotopic (exact) mass is 236 g/mol. The van der Waals surface area contributed by atoms with Gasteiger partial charge >= 0.3 is 6.36 Å². The number of nitro benzene ring substituents is 1. The molecule has 0 fully saturated rings. The highest BCUT2D eigenvalue weighted by atomic mass is 19.4. The molecule has 0 saturated heterocycles. The predicted molar refractivity (Wildman–Crippen MR) is 47.7 cm³/mol. The van der Waals surface area contributed by atoms with E-state index >= 15 is 0 Å². The van der Waals surface area contributed by atoms with Crippen LogP contribution in [-0.4, -0.2) is 11.3 Å². The molecular weight excluding hydrogens is 229 g/mol. The lowest BCUT2D eigenvalue weighted by Gasteiger charge is -2.11. The van der Waals surface area contributed by atoms with Crippen LogP contribution in [0, 0.1) is 10.1 Å². The minimum Gasteiger partial charge on any atom is -0.405 e. The number of nitrogens with zero attached hydrogens (tertiary/aromatic N) is 1. The summed E-state index contributed by atoms with van der Waals surface area (Å²) in [5.41, 5.74) is 4.37. The molecule has 0 aliphatic heterocycles. The number of ether oxygens (including phenoxy) is 1. The van der Waals surface area contributed by atoms with Crippen molar-refractivity contribution in [1.29, 1.82) is 0 Å². The van der Waals surface area contributed by atoms with Gasteiger partial charge in [-0.25, -0.2) is 0 Å². The first-order valence-corrected chi connectivity index (χ1v) is 4.07. The van der Waals surface area contributed by atoms with Crippen LogP contribution >= 0.6 is 0 Å². The number of nitro groups is 1. The van der Waals surface area contributed by atoms with Gasteiger partial charge in [-0.2, -0.15) is 0 Å². The van der Waals surface area contributed by atoms with E-state index in [1.165, 1.54) is 0 Å².